The van der Waals surface area contributed by atoms with Gasteiger partial charge in [0.15, 0.2) is 0 Å². The van der Waals surface area contributed by atoms with E-state index < -0.39 is 0 Å². The highest BCUT2D eigenvalue weighted by Gasteiger charge is 2.10. The zero-order chi connectivity index (χ0) is 14.5. The van der Waals surface area contributed by atoms with Gasteiger partial charge in [0.25, 0.3) is 0 Å². The standard InChI is InChI=1S/C16H16FNO2/c1-11-6-8-15(20-11)12(2)18-16(19)9-7-13-4-3-5-14(17)10-13/h3-10,12H,1-2H3,(H,18,19)/b9-7+. The van der Waals surface area contributed by atoms with Crippen molar-refractivity contribution in [3.63, 3.8) is 0 Å². The topological polar surface area (TPSA) is 42.2 Å². The van der Waals surface area contributed by atoms with Gasteiger partial charge in [-0.25, -0.2) is 4.39 Å². The van der Waals surface area contributed by atoms with E-state index in [0.717, 1.165) is 5.76 Å². The Hall–Kier alpha value is -2.36. The van der Waals surface area contributed by atoms with E-state index in [1.165, 1.54) is 18.2 Å². The van der Waals surface area contributed by atoms with Crippen molar-refractivity contribution in [1.82, 2.24) is 5.32 Å². The molecule has 1 amide bonds. The number of nitrogens with one attached hydrogen (secondary N) is 1. The van der Waals surface area contributed by atoms with E-state index in [2.05, 4.69) is 5.32 Å². The molecule has 1 unspecified atom stereocenters. The molecule has 1 aromatic heterocycles. The van der Waals surface area contributed by atoms with Crippen LogP contribution in [0.3, 0.4) is 0 Å². The minimum atomic E-state index is -0.327. The van der Waals surface area contributed by atoms with E-state index in [-0.39, 0.29) is 17.8 Å². The van der Waals surface area contributed by atoms with Crippen LogP contribution in [0.1, 0.15) is 30.0 Å². The first-order chi connectivity index (χ1) is 9.54. The van der Waals surface area contributed by atoms with Crippen LogP contribution in [0.15, 0.2) is 46.9 Å². The lowest BCUT2D eigenvalue weighted by atomic mass is 10.2. The first-order valence-corrected chi connectivity index (χ1v) is 6.35. The maximum absolute atomic E-state index is 13.0. The van der Waals surface area contributed by atoms with Crippen LogP contribution in [0.4, 0.5) is 4.39 Å². The summed E-state index contributed by atoms with van der Waals surface area (Å²) in [6.07, 6.45) is 2.94. The highest BCUT2D eigenvalue weighted by atomic mass is 19.1. The van der Waals surface area contributed by atoms with E-state index in [4.69, 9.17) is 4.42 Å². The van der Waals surface area contributed by atoms with Gasteiger partial charge in [0.1, 0.15) is 17.3 Å². The van der Waals surface area contributed by atoms with Crippen LogP contribution >= 0.6 is 0 Å². The average molecular weight is 273 g/mol. The fourth-order valence-electron chi connectivity index (χ4n) is 1.80. The van der Waals surface area contributed by atoms with Crippen LogP contribution in [0, 0.1) is 12.7 Å². The van der Waals surface area contributed by atoms with Gasteiger partial charge in [-0.05, 0) is 49.8 Å². The number of aryl methyl sites for hydroxylation is 1. The third-order valence-corrected chi connectivity index (χ3v) is 2.82. The quantitative estimate of drug-likeness (QED) is 0.864. The minimum Gasteiger partial charge on any atom is -0.464 e. The van der Waals surface area contributed by atoms with E-state index in [0.29, 0.717) is 11.3 Å². The third-order valence-electron chi connectivity index (χ3n) is 2.82. The summed E-state index contributed by atoms with van der Waals surface area (Å²) in [4.78, 5) is 11.8. The van der Waals surface area contributed by atoms with Crippen LogP contribution in [-0.2, 0) is 4.79 Å². The molecule has 0 saturated carbocycles. The highest BCUT2D eigenvalue weighted by molar-refractivity contribution is 5.91. The molecule has 0 aliphatic rings. The van der Waals surface area contributed by atoms with Gasteiger partial charge in [-0.15, -0.1) is 0 Å². The Morgan fingerprint density at radius 1 is 1.35 bits per heavy atom. The number of rotatable bonds is 4. The second kappa shape index (κ2) is 6.19. The average Bonchev–Trinajstić information content (AvgIpc) is 2.83. The Labute approximate surface area is 117 Å². The number of hydrogen-bond donors (Lipinski definition) is 1. The van der Waals surface area contributed by atoms with Crippen molar-refractivity contribution in [2.24, 2.45) is 0 Å². The number of furan rings is 1. The van der Waals surface area contributed by atoms with Gasteiger partial charge in [0.2, 0.25) is 5.91 Å². The molecule has 1 heterocycles. The maximum atomic E-state index is 13.0. The number of amides is 1. The number of hydrogen-bond acceptors (Lipinski definition) is 2. The van der Waals surface area contributed by atoms with E-state index >= 15 is 0 Å². The van der Waals surface area contributed by atoms with Crippen LogP contribution < -0.4 is 5.32 Å². The molecule has 20 heavy (non-hydrogen) atoms. The molecule has 2 aromatic rings. The second-order valence-corrected chi connectivity index (χ2v) is 4.57. The van der Waals surface area contributed by atoms with Gasteiger partial charge in [-0.2, -0.15) is 0 Å². The Morgan fingerprint density at radius 3 is 2.80 bits per heavy atom. The fraction of sp³-hybridized carbons (Fsp3) is 0.188. The van der Waals surface area contributed by atoms with Crippen LogP contribution in [0.25, 0.3) is 6.08 Å². The Morgan fingerprint density at radius 2 is 2.15 bits per heavy atom. The van der Waals surface area contributed by atoms with Crippen molar-refractivity contribution in [3.8, 4) is 0 Å². The van der Waals surface area contributed by atoms with E-state index in [1.807, 2.05) is 26.0 Å². The summed E-state index contributed by atoms with van der Waals surface area (Å²) in [6, 6.07) is 9.51. The molecule has 0 fully saturated rings. The fourth-order valence-corrected chi connectivity index (χ4v) is 1.80. The molecule has 104 valence electrons. The molecule has 2 rings (SSSR count). The zero-order valence-corrected chi connectivity index (χ0v) is 11.4. The molecule has 3 nitrogen and oxygen atoms in total. The first kappa shape index (κ1) is 14.1. The maximum Gasteiger partial charge on any atom is 0.244 e. The van der Waals surface area contributed by atoms with Crippen LogP contribution in [0.5, 0.6) is 0 Å². The molecule has 1 aromatic carbocycles. The normalized spacial score (nSPS) is 12.6. The molecule has 0 radical (unpaired) electrons. The van der Waals surface area contributed by atoms with E-state index in [1.54, 1.807) is 18.2 Å². The van der Waals surface area contributed by atoms with Gasteiger partial charge in [0.05, 0.1) is 6.04 Å². The van der Waals surface area contributed by atoms with Crippen molar-refractivity contribution >= 4 is 12.0 Å². The largest absolute Gasteiger partial charge is 0.464 e. The Bertz CT molecular complexity index is 631. The first-order valence-electron chi connectivity index (χ1n) is 6.35. The van der Waals surface area contributed by atoms with Crippen molar-refractivity contribution in [2.45, 2.75) is 19.9 Å². The molecular formula is C16H16FNO2. The summed E-state index contributed by atoms with van der Waals surface area (Å²) >= 11 is 0. The monoisotopic (exact) mass is 273 g/mol. The summed E-state index contributed by atoms with van der Waals surface area (Å²) in [5.74, 6) is 0.925. The molecular weight excluding hydrogens is 257 g/mol. The van der Waals surface area contributed by atoms with Crippen LogP contribution in [0.2, 0.25) is 0 Å². The molecule has 0 aliphatic carbocycles. The van der Waals surface area contributed by atoms with Crippen LogP contribution in [-0.4, -0.2) is 5.91 Å². The Kier molecular flexibility index (Phi) is 4.35. The lowest BCUT2D eigenvalue weighted by molar-refractivity contribution is -0.117. The molecule has 0 saturated heterocycles. The predicted molar refractivity (Wildman–Crippen MR) is 75.4 cm³/mol. The number of benzene rings is 1. The van der Waals surface area contributed by atoms with Gasteiger partial charge in [-0.1, -0.05) is 12.1 Å². The van der Waals surface area contributed by atoms with Gasteiger partial charge >= 0.3 is 0 Å². The SMILES string of the molecule is Cc1ccc(C(C)NC(=O)/C=C/c2cccc(F)c2)o1. The van der Waals surface area contributed by atoms with Gasteiger partial charge < -0.3 is 9.73 Å². The lowest BCUT2D eigenvalue weighted by Crippen LogP contribution is -2.24. The number of halogens is 1. The molecule has 0 spiro atoms. The summed E-state index contributed by atoms with van der Waals surface area (Å²) < 4.78 is 18.4. The number of carbonyl (C=O) groups is 1. The Balaban J connectivity index is 1.95. The smallest absolute Gasteiger partial charge is 0.244 e. The number of carbonyl (C=O) groups excluding carboxylic acids is 1. The summed E-state index contributed by atoms with van der Waals surface area (Å²) in [7, 11) is 0. The van der Waals surface area contributed by atoms with E-state index in [9.17, 15) is 9.18 Å². The minimum absolute atomic E-state index is 0.214. The third kappa shape index (κ3) is 3.82. The van der Waals surface area contributed by atoms with Crippen molar-refractivity contribution in [1.29, 1.82) is 0 Å². The lowest BCUT2D eigenvalue weighted by Gasteiger charge is -2.09. The predicted octanol–water partition coefficient (Wildman–Crippen LogP) is 3.62. The van der Waals surface area contributed by atoms with Crippen molar-refractivity contribution in [2.75, 3.05) is 0 Å². The molecule has 1 atom stereocenters. The summed E-state index contributed by atoms with van der Waals surface area (Å²) in [5.41, 5.74) is 0.640. The van der Waals surface area contributed by atoms with Crippen molar-refractivity contribution in [3.05, 3.63) is 65.4 Å². The molecule has 4 heteroatoms. The molecule has 1 N–H and O–H groups in total. The zero-order valence-electron chi connectivity index (χ0n) is 11.4. The van der Waals surface area contributed by atoms with Gasteiger partial charge in [-0.3, -0.25) is 4.79 Å². The second-order valence-electron chi connectivity index (χ2n) is 4.57. The molecule has 0 bridgehead atoms. The highest BCUT2D eigenvalue weighted by Crippen LogP contribution is 2.15. The summed E-state index contributed by atoms with van der Waals surface area (Å²) in [5, 5.41) is 2.78. The molecule has 0 aliphatic heterocycles. The van der Waals surface area contributed by atoms with Crippen molar-refractivity contribution < 1.29 is 13.6 Å². The summed E-state index contributed by atoms with van der Waals surface area (Å²) in [6.45, 7) is 3.69. The van der Waals surface area contributed by atoms with Gasteiger partial charge in [0, 0.05) is 6.08 Å².